The summed E-state index contributed by atoms with van der Waals surface area (Å²) in [6, 6.07) is 16.2. The summed E-state index contributed by atoms with van der Waals surface area (Å²) >= 11 is 0. The molecule has 0 bridgehead atoms. The fraction of sp³-hybridized carbons (Fsp3) is 0.368. The van der Waals surface area contributed by atoms with Crippen LogP contribution in [0.15, 0.2) is 54.7 Å². The van der Waals surface area contributed by atoms with Gasteiger partial charge in [0.05, 0.1) is 0 Å². The van der Waals surface area contributed by atoms with E-state index in [2.05, 4.69) is 27.3 Å². The number of nitrogens with one attached hydrogen (secondary N) is 1. The molecule has 1 saturated heterocycles. The van der Waals surface area contributed by atoms with Crippen molar-refractivity contribution in [2.45, 2.75) is 13.0 Å². The van der Waals surface area contributed by atoms with Gasteiger partial charge < -0.3 is 15.1 Å². The van der Waals surface area contributed by atoms with E-state index in [9.17, 15) is 4.79 Å². The van der Waals surface area contributed by atoms with Gasteiger partial charge >= 0.3 is 0 Å². The number of amides is 1. The number of piperazine rings is 1. The van der Waals surface area contributed by atoms with Gasteiger partial charge in [-0.2, -0.15) is 0 Å². The van der Waals surface area contributed by atoms with Gasteiger partial charge in [0.2, 0.25) is 5.91 Å². The van der Waals surface area contributed by atoms with Gasteiger partial charge in [0.15, 0.2) is 0 Å². The highest BCUT2D eigenvalue weighted by Crippen LogP contribution is 2.12. The number of carbonyl (C=O) groups excluding carboxylic acids is 1. The summed E-state index contributed by atoms with van der Waals surface area (Å²) in [5.74, 6) is 1.23. The molecule has 0 atom stereocenters. The molecule has 0 spiro atoms. The predicted octanol–water partition coefficient (Wildman–Crippen LogP) is 1.91. The standard InChI is InChI=1S/C19H24N4O/c24-19(9-11-20-16-17-6-2-1-3-7-17)23-14-12-22(13-15-23)18-8-4-5-10-21-18/h1-8,10,20H,9,11-16H2. The summed E-state index contributed by atoms with van der Waals surface area (Å²) in [6.45, 7) is 4.76. The van der Waals surface area contributed by atoms with Gasteiger partial charge in [-0.25, -0.2) is 4.98 Å². The first-order valence-electron chi connectivity index (χ1n) is 8.51. The van der Waals surface area contributed by atoms with Crippen molar-refractivity contribution in [2.24, 2.45) is 0 Å². The molecule has 1 aliphatic heterocycles. The highest BCUT2D eigenvalue weighted by molar-refractivity contribution is 5.76. The number of nitrogens with zero attached hydrogens (tertiary/aromatic N) is 3. The zero-order chi connectivity index (χ0) is 16.6. The lowest BCUT2D eigenvalue weighted by Crippen LogP contribution is -2.49. The molecule has 5 heteroatoms. The van der Waals surface area contributed by atoms with Crippen LogP contribution in [0.3, 0.4) is 0 Å². The SMILES string of the molecule is O=C(CCNCc1ccccc1)N1CCN(c2ccccn2)CC1. The van der Waals surface area contributed by atoms with Gasteiger partial charge in [0.1, 0.15) is 5.82 Å². The summed E-state index contributed by atoms with van der Waals surface area (Å²) in [5.41, 5.74) is 1.24. The number of carbonyl (C=O) groups is 1. The Balaban J connectivity index is 1.36. The number of hydrogen-bond donors (Lipinski definition) is 1. The Morgan fingerprint density at radius 1 is 1.00 bits per heavy atom. The third kappa shape index (κ3) is 4.55. The second-order valence-electron chi connectivity index (χ2n) is 5.97. The molecule has 5 nitrogen and oxygen atoms in total. The van der Waals surface area contributed by atoms with Crippen LogP contribution < -0.4 is 10.2 Å². The average Bonchev–Trinajstić information content (AvgIpc) is 2.67. The van der Waals surface area contributed by atoms with Crippen molar-refractivity contribution in [3.05, 3.63) is 60.3 Å². The fourth-order valence-electron chi connectivity index (χ4n) is 2.91. The van der Waals surface area contributed by atoms with Crippen molar-refractivity contribution in [1.29, 1.82) is 0 Å². The lowest BCUT2D eigenvalue weighted by atomic mass is 10.2. The van der Waals surface area contributed by atoms with Crippen LogP contribution in [0.5, 0.6) is 0 Å². The van der Waals surface area contributed by atoms with Crippen molar-refractivity contribution in [3.63, 3.8) is 0 Å². The highest BCUT2D eigenvalue weighted by Gasteiger charge is 2.21. The molecular weight excluding hydrogens is 300 g/mol. The van der Waals surface area contributed by atoms with Crippen LogP contribution in [0.2, 0.25) is 0 Å². The maximum absolute atomic E-state index is 12.3. The van der Waals surface area contributed by atoms with Crippen molar-refractivity contribution >= 4 is 11.7 Å². The monoisotopic (exact) mass is 324 g/mol. The Morgan fingerprint density at radius 3 is 2.46 bits per heavy atom. The number of benzene rings is 1. The third-order valence-electron chi connectivity index (χ3n) is 4.29. The Hall–Kier alpha value is -2.40. The molecule has 2 aromatic rings. The molecule has 0 saturated carbocycles. The molecule has 0 aliphatic carbocycles. The fourth-order valence-corrected chi connectivity index (χ4v) is 2.91. The lowest BCUT2D eigenvalue weighted by Gasteiger charge is -2.35. The molecule has 24 heavy (non-hydrogen) atoms. The first-order valence-corrected chi connectivity index (χ1v) is 8.51. The largest absolute Gasteiger partial charge is 0.353 e. The predicted molar refractivity (Wildman–Crippen MR) is 95.8 cm³/mol. The summed E-state index contributed by atoms with van der Waals surface area (Å²) in [7, 11) is 0. The quantitative estimate of drug-likeness (QED) is 0.825. The minimum Gasteiger partial charge on any atom is -0.353 e. The van der Waals surface area contributed by atoms with E-state index >= 15 is 0 Å². The summed E-state index contributed by atoms with van der Waals surface area (Å²) in [6.07, 6.45) is 2.36. The second kappa shape index (κ2) is 8.45. The molecule has 0 unspecified atom stereocenters. The van der Waals surface area contributed by atoms with E-state index < -0.39 is 0 Å². The van der Waals surface area contributed by atoms with Crippen molar-refractivity contribution in [2.75, 3.05) is 37.6 Å². The molecule has 1 fully saturated rings. The van der Waals surface area contributed by atoms with E-state index in [4.69, 9.17) is 0 Å². The molecule has 1 aliphatic rings. The number of hydrogen-bond acceptors (Lipinski definition) is 4. The molecule has 1 aromatic carbocycles. The molecule has 3 rings (SSSR count). The van der Waals surface area contributed by atoms with Gasteiger partial charge in [0.25, 0.3) is 0 Å². The second-order valence-corrected chi connectivity index (χ2v) is 5.97. The summed E-state index contributed by atoms with van der Waals surface area (Å²) < 4.78 is 0. The van der Waals surface area contributed by atoms with Crippen LogP contribution in [-0.2, 0) is 11.3 Å². The Bertz CT molecular complexity index is 624. The van der Waals surface area contributed by atoms with Crippen LogP contribution in [-0.4, -0.2) is 48.5 Å². The molecule has 1 N–H and O–H groups in total. The molecule has 126 valence electrons. The molecule has 0 radical (unpaired) electrons. The number of aromatic nitrogens is 1. The Morgan fingerprint density at radius 2 is 1.75 bits per heavy atom. The van der Waals surface area contributed by atoms with E-state index in [0.29, 0.717) is 13.0 Å². The van der Waals surface area contributed by atoms with Crippen LogP contribution in [0.4, 0.5) is 5.82 Å². The zero-order valence-corrected chi connectivity index (χ0v) is 13.9. The van der Waals surface area contributed by atoms with Gasteiger partial charge in [-0.1, -0.05) is 36.4 Å². The number of anilines is 1. The molecular formula is C19H24N4O. The van der Waals surface area contributed by atoms with Crippen molar-refractivity contribution in [3.8, 4) is 0 Å². The maximum Gasteiger partial charge on any atom is 0.223 e. The van der Waals surface area contributed by atoms with Gasteiger partial charge in [0, 0.05) is 51.9 Å². The normalized spacial score (nSPS) is 14.7. The summed E-state index contributed by atoms with van der Waals surface area (Å²) in [5, 5.41) is 3.34. The molecule has 1 aromatic heterocycles. The van der Waals surface area contributed by atoms with Crippen LogP contribution in [0, 0.1) is 0 Å². The van der Waals surface area contributed by atoms with E-state index in [1.165, 1.54) is 5.56 Å². The first-order chi connectivity index (χ1) is 11.8. The van der Waals surface area contributed by atoms with Gasteiger partial charge in [-0.15, -0.1) is 0 Å². The smallest absolute Gasteiger partial charge is 0.223 e. The highest BCUT2D eigenvalue weighted by atomic mass is 16.2. The summed E-state index contributed by atoms with van der Waals surface area (Å²) in [4.78, 5) is 20.9. The lowest BCUT2D eigenvalue weighted by molar-refractivity contribution is -0.131. The Labute approximate surface area is 143 Å². The molecule has 2 heterocycles. The van der Waals surface area contributed by atoms with Crippen LogP contribution in [0.25, 0.3) is 0 Å². The van der Waals surface area contributed by atoms with E-state index in [1.54, 1.807) is 0 Å². The van der Waals surface area contributed by atoms with E-state index in [-0.39, 0.29) is 5.91 Å². The first kappa shape index (κ1) is 16.5. The average molecular weight is 324 g/mol. The van der Waals surface area contributed by atoms with E-state index in [1.807, 2.05) is 47.5 Å². The third-order valence-corrected chi connectivity index (χ3v) is 4.29. The number of pyridine rings is 1. The van der Waals surface area contributed by atoms with Gasteiger partial charge in [-0.3, -0.25) is 4.79 Å². The minimum absolute atomic E-state index is 0.233. The number of rotatable bonds is 6. The maximum atomic E-state index is 12.3. The van der Waals surface area contributed by atoms with Crippen molar-refractivity contribution in [1.82, 2.24) is 15.2 Å². The van der Waals surface area contributed by atoms with Crippen molar-refractivity contribution < 1.29 is 4.79 Å². The van der Waals surface area contributed by atoms with E-state index in [0.717, 1.165) is 38.5 Å². The Kier molecular flexibility index (Phi) is 5.80. The minimum atomic E-state index is 0.233. The van der Waals surface area contributed by atoms with Crippen LogP contribution in [0.1, 0.15) is 12.0 Å². The van der Waals surface area contributed by atoms with Crippen LogP contribution >= 0.6 is 0 Å². The van der Waals surface area contributed by atoms with Gasteiger partial charge in [-0.05, 0) is 17.7 Å². The zero-order valence-electron chi connectivity index (χ0n) is 13.9. The molecule has 1 amide bonds. The topological polar surface area (TPSA) is 48.5 Å².